The van der Waals surface area contributed by atoms with E-state index in [9.17, 15) is 13.2 Å². The summed E-state index contributed by atoms with van der Waals surface area (Å²) in [7, 11) is -3.37. The van der Waals surface area contributed by atoms with Crippen LogP contribution in [-0.2, 0) is 10.0 Å². The summed E-state index contributed by atoms with van der Waals surface area (Å²) in [6.07, 6.45) is 6.04. The number of anilines is 2. The third-order valence-corrected chi connectivity index (χ3v) is 6.93. The zero-order valence-corrected chi connectivity index (χ0v) is 22.2. The van der Waals surface area contributed by atoms with E-state index in [1.165, 1.54) is 12.1 Å². The van der Waals surface area contributed by atoms with Crippen LogP contribution in [0.5, 0.6) is 0 Å². The SMILES string of the molecule is Cc1ccc(-n2c(=O)ccc3cnc4ccc(-c5ccc(NS(C)(=O)=O)cc5)cc4c32)cc1NC/C=C/C#N. The zero-order valence-electron chi connectivity index (χ0n) is 21.3. The minimum atomic E-state index is -3.37. The maximum atomic E-state index is 13.3. The molecule has 0 saturated heterocycles. The van der Waals surface area contributed by atoms with Crippen molar-refractivity contribution in [2.75, 3.05) is 22.8 Å². The number of hydrogen-bond donors (Lipinski definition) is 2. The number of hydrogen-bond acceptors (Lipinski definition) is 6. The van der Waals surface area contributed by atoms with Crippen LogP contribution in [0.4, 0.5) is 11.4 Å². The molecule has 2 heterocycles. The molecule has 2 aromatic heterocycles. The highest BCUT2D eigenvalue weighted by molar-refractivity contribution is 7.92. The molecule has 0 unspecified atom stereocenters. The quantitative estimate of drug-likeness (QED) is 0.214. The van der Waals surface area contributed by atoms with Crippen molar-refractivity contribution in [3.63, 3.8) is 0 Å². The van der Waals surface area contributed by atoms with Crippen LogP contribution in [-0.4, -0.2) is 30.8 Å². The van der Waals surface area contributed by atoms with Gasteiger partial charge in [0.1, 0.15) is 0 Å². The first-order valence-corrected chi connectivity index (χ1v) is 14.0. The number of nitrogens with one attached hydrogen (secondary N) is 2. The number of nitrogens with zero attached hydrogens (tertiary/aromatic N) is 3. The second-order valence-corrected chi connectivity index (χ2v) is 10.9. The van der Waals surface area contributed by atoms with E-state index in [1.54, 1.807) is 35.0 Å². The molecular formula is C30H25N5O3S. The number of aryl methyl sites for hydroxylation is 1. The van der Waals surface area contributed by atoms with Gasteiger partial charge in [-0.05, 0) is 66.1 Å². The van der Waals surface area contributed by atoms with E-state index in [0.29, 0.717) is 17.9 Å². The Hall–Kier alpha value is -4.94. The fraction of sp³-hybridized carbons (Fsp3) is 0.100. The van der Waals surface area contributed by atoms with Crippen molar-refractivity contribution in [1.29, 1.82) is 5.26 Å². The van der Waals surface area contributed by atoms with Crippen molar-refractivity contribution < 1.29 is 8.42 Å². The topological polar surface area (TPSA) is 117 Å². The van der Waals surface area contributed by atoms with Crippen LogP contribution in [0, 0.1) is 18.3 Å². The van der Waals surface area contributed by atoms with Gasteiger partial charge in [0.05, 0.1) is 29.0 Å². The summed E-state index contributed by atoms with van der Waals surface area (Å²) in [6.45, 7) is 2.46. The number of sulfonamides is 1. The largest absolute Gasteiger partial charge is 0.381 e. The van der Waals surface area contributed by atoms with Gasteiger partial charge in [0.15, 0.2) is 0 Å². The normalized spacial score (nSPS) is 11.6. The molecule has 0 amide bonds. The summed E-state index contributed by atoms with van der Waals surface area (Å²) >= 11 is 0. The number of aromatic nitrogens is 2. The van der Waals surface area contributed by atoms with Crippen LogP contribution in [0.15, 0.2) is 95.9 Å². The number of allylic oxidation sites excluding steroid dienone is 1. The first-order chi connectivity index (χ1) is 18.7. The standard InChI is InChI=1S/C30H25N5O3S/c1-20-5-12-25(18-28(20)32-16-4-3-15-31)35-29(36)14-9-23-19-33-27-13-8-22(17-26(27)30(23)35)21-6-10-24(11-7-21)34-39(2,37)38/h3-14,17-19,32,34H,16H2,1-2H3/b4-3+. The Kier molecular flexibility index (Phi) is 6.88. The van der Waals surface area contributed by atoms with Gasteiger partial charge in [-0.2, -0.15) is 5.26 Å². The van der Waals surface area contributed by atoms with Gasteiger partial charge in [-0.1, -0.05) is 30.3 Å². The molecule has 3 aromatic carbocycles. The summed E-state index contributed by atoms with van der Waals surface area (Å²) in [5.41, 5.74) is 6.17. The number of fused-ring (bicyclic) bond motifs is 3. The van der Waals surface area contributed by atoms with Crippen molar-refractivity contribution in [2.24, 2.45) is 0 Å². The lowest BCUT2D eigenvalue weighted by Gasteiger charge is -2.16. The van der Waals surface area contributed by atoms with Crippen LogP contribution in [0.2, 0.25) is 0 Å². The Morgan fingerprint density at radius 1 is 1.00 bits per heavy atom. The lowest BCUT2D eigenvalue weighted by atomic mass is 10.0. The molecule has 0 atom stereocenters. The number of pyridine rings is 2. The van der Waals surface area contributed by atoms with Gasteiger partial charge in [0.2, 0.25) is 10.0 Å². The molecule has 0 aliphatic carbocycles. The van der Waals surface area contributed by atoms with E-state index in [0.717, 1.165) is 50.4 Å². The highest BCUT2D eigenvalue weighted by Crippen LogP contribution is 2.31. The molecule has 5 aromatic rings. The lowest BCUT2D eigenvalue weighted by molar-refractivity contribution is 0.607. The first-order valence-electron chi connectivity index (χ1n) is 12.2. The maximum absolute atomic E-state index is 13.3. The third-order valence-electron chi connectivity index (χ3n) is 6.32. The van der Waals surface area contributed by atoms with E-state index in [1.807, 2.05) is 61.5 Å². The molecular weight excluding hydrogens is 510 g/mol. The summed E-state index contributed by atoms with van der Waals surface area (Å²) in [5.74, 6) is 0. The second-order valence-electron chi connectivity index (χ2n) is 9.16. The summed E-state index contributed by atoms with van der Waals surface area (Å²) in [6, 6.07) is 24.1. The van der Waals surface area contributed by atoms with Crippen molar-refractivity contribution in [3.05, 3.63) is 107 Å². The molecule has 0 bridgehead atoms. The highest BCUT2D eigenvalue weighted by atomic mass is 32.2. The molecule has 0 aliphatic heterocycles. The minimum absolute atomic E-state index is 0.171. The van der Waals surface area contributed by atoms with E-state index in [-0.39, 0.29) is 5.56 Å². The van der Waals surface area contributed by atoms with Crippen molar-refractivity contribution in [2.45, 2.75) is 6.92 Å². The molecule has 0 spiro atoms. The number of nitriles is 1. The van der Waals surface area contributed by atoms with Gasteiger partial charge < -0.3 is 5.32 Å². The smallest absolute Gasteiger partial charge is 0.255 e. The van der Waals surface area contributed by atoms with Crippen LogP contribution >= 0.6 is 0 Å². The fourth-order valence-corrected chi connectivity index (χ4v) is 5.08. The molecule has 0 fully saturated rings. The van der Waals surface area contributed by atoms with Crippen molar-refractivity contribution in [3.8, 4) is 22.9 Å². The fourth-order valence-electron chi connectivity index (χ4n) is 4.51. The highest BCUT2D eigenvalue weighted by Gasteiger charge is 2.13. The first kappa shape index (κ1) is 25.7. The van der Waals surface area contributed by atoms with Crippen LogP contribution in [0.3, 0.4) is 0 Å². The average Bonchev–Trinajstić information content (AvgIpc) is 2.91. The van der Waals surface area contributed by atoms with Crippen molar-refractivity contribution in [1.82, 2.24) is 9.55 Å². The summed E-state index contributed by atoms with van der Waals surface area (Å²) in [5, 5.41) is 13.7. The van der Waals surface area contributed by atoms with Crippen molar-refractivity contribution >= 4 is 43.2 Å². The van der Waals surface area contributed by atoms with E-state index < -0.39 is 10.0 Å². The molecule has 39 heavy (non-hydrogen) atoms. The van der Waals surface area contributed by atoms with Gasteiger partial charge in [-0.15, -0.1) is 0 Å². The Morgan fingerprint density at radius 3 is 2.51 bits per heavy atom. The predicted octanol–water partition coefficient (Wildman–Crippen LogP) is 5.38. The van der Waals surface area contributed by atoms with Crippen LogP contribution in [0.25, 0.3) is 38.6 Å². The number of benzene rings is 3. The molecule has 0 saturated carbocycles. The third kappa shape index (κ3) is 5.51. The predicted molar refractivity (Wildman–Crippen MR) is 157 cm³/mol. The molecule has 8 nitrogen and oxygen atoms in total. The maximum Gasteiger partial charge on any atom is 0.255 e. The van der Waals surface area contributed by atoms with E-state index in [4.69, 9.17) is 5.26 Å². The summed E-state index contributed by atoms with van der Waals surface area (Å²) < 4.78 is 27.3. The molecule has 0 aliphatic rings. The Labute approximate surface area is 225 Å². The molecule has 0 radical (unpaired) electrons. The van der Waals surface area contributed by atoms with Crippen LogP contribution in [0.1, 0.15) is 5.56 Å². The Balaban J connectivity index is 1.65. The Bertz CT molecular complexity index is 1950. The average molecular weight is 536 g/mol. The number of rotatable bonds is 7. The minimum Gasteiger partial charge on any atom is -0.381 e. The van der Waals surface area contributed by atoms with Crippen LogP contribution < -0.4 is 15.6 Å². The zero-order chi connectivity index (χ0) is 27.6. The van der Waals surface area contributed by atoms with Gasteiger partial charge in [0, 0.05) is 47.0 Å². The van der Waals surface area contributed by atoms with E-state index in [2.05, 4.69) is 15.0 Å². The van der Waals surface area contributed by atoms with Gasteiger partial charge in [0.25, 0.3) is 5.56 Å². The molecule has 9 heteroatoms. The molecule has 2 N–H and O–H groups in total. The van der Waals surface area contributed by atoms with Gasteiger partial charge in [-0.25, -0.2) is 8.42 Å². The summed E-state index contributed by atoms with van der Waals surface area (Å²) in [4.78, 5) is 17.9. The van der Waals surface area contributed by atoms with Gasteiger partial charge in [-0.3, -0.25) is 19.1 Å². The lowest BCUT2D eigenvalue weighted by Crippen LogP contribution is -2.18. The van der Waals surface area contributed by atoms with Gasteiger partial charge >= 0.3 is 0 Å². The second kappa shape index (κ2) is 10.4. The molecule has 5 rings (SSSR count). The molecule has 194 valence electrons. The Morgan fingerprint density at radius 2 is 1.77 bits per heavy atom. The monoisotopic (exact) mass is 535 g/mol. The van der Waals surface area contributed by atoms with E-state index >= 15 is 0 Å².